The average Bonchev–Trinajstić information content (AvgIpc) is 3.05. The second-order valence-electron chi connectivity index (χ2n) is 5.61. The number of ketones is 2. The van der Waals surface area contributed by atoms with E-state index >= 15 is 0 Å². The fraction of sp³-hybridized carbons (Fsp3) is 0.250. The minimum atomic E-state index is -1.31. The number of carbonyl (C=O) groups excluding carboxylic acids is 2. The van der Waals surface area contributed by atoms with Crippen LogP contribution in [0.15, 0.2) is 24.3 Å². The van der Waals surface area contributed by atoms with Gasteiger partial charge in [0.15, 0.2) is 0 Å². The van der Waals surface area contributed by atoms with Crippen molar-refractivity contribution in [1.82, 2.24) is 0 Å². The lowest BCUT2D eigenvalue weighted by molar-refractivity contribution is 0.0786. The molecule has 0 saturated carbocycles. The number of carbonyl (C=O) groups is 2. The first kappa shape index (κ1) is 13.0. The molecule has 102 valence electrons. The maximum Gasteiger partial charge on any atom is 0.225 e. The predicted molar refractivity (Wildman–Crippen MR) is 80.8 cm³/mol. The number of rotatable bonds is 1. The molecule has 2 aliphatic rings. The van der Waals surface area contributed by atoms with E-state index in [2.05, 4.69) is 0 Å². The Labute approximate surface area is 127 Å². The van der Waals surface area contributed by atoms with E-state index in [0.717, 1.165) is 16.0 Å². The maximum atomic E-state index is 12.6. The Balaban J connectivity index is 1.76. The topological polar surface area (TPSA) is 46.7 Å². The van der Waals surface area contributed by atoms with Crippen LogP contribution in [0.3, 0.4) is 0 Å². The van der Waals surface area contributed by atoms with E-state index in [0.29, 0.717) is 15.9 Å². The molecule has 2 atom stereocenters. The molecule has 4 rings (SSSR count). The molecule has 5 heteroatoms. The summed E-state index contributed by atoms with van der Waals surface area (Å²) in [7, 11) is 5.80. The Kier molecular flexibility index (Phi) is 2.43. The molecule has 1 aliphatic heterocycles. The fourth-order valence-electron chi connectivity index (χ4n) is 2.99. The number of benzene rings is 1. The number of aryl methyl sites for hydroxylation is 2. The number of hydrogen-bond donors (Lipinski definition) is 0. The van der Waals surface area contributed by atoms with E-state index < -0.39 is 11.7 Å². The van der Waals surface area contributed by atoms with Gasteiger partial charge < -0.3 is 4.74 Å². The number of thiophene rings is 1. The Bertz CT molecular complexity index is 787. The standard InChI is InChI=1S/C16H11BO3S/c1-7-5-9(3-4-11(7)17)15-16(20-15)13(18)10-6-8(2)21-12(10)14(16)19/h3-6,15H,1-2H3. The van der Waals surface area contributed by atoms with Crippen molar-refractivity contribution in [3.05, 3.63) is 50.7 Å². The van der Waals surface area contributed by atoms with Crippen LogP contribution >= 0.6 is 11.3 Å². The third-order valence-electron chi connectivity index (χ3n) is 4.19. The largest absolute Gasteiger partial charge is 0.344 e. The summed E-state index contributed by atoms with van der Waals surface area (Å²) in [6, 6.07) is 7.26. The molecule has 2 heterocycles. The van der Waals surface area contributed by atoms with Crippen LogP contribution in [0.1, 0.15) is 42.1 Å². The Hall–Kier alpha value is -1.72. The van der Waals surface area contributed by atoms with Crippen molar-refractivity contribution in [2.45, 2.75) is 25.6 Å². The zero-order valence-corrected chi connectivity index (χ0v) is 12.4. The lowest BCUT2D eigenvalue weighted by Crippen LogP contribution is -2.27. The highest BCUT2D eigenvalue weighted by Gasteiger charge is 2.72. The SMILES string of the molecule is [B]c1ccc(C2OC23C(=O)c2cc(C)sc2C3=O)cc1C. The minimum Gasteiger partial charge on any atom is -0.344 e. The van der Waals surface area contributed by atoms with Gasteiger partial charge in [-0.25, -0.2) is 0 Å². The van der Waals surface area contributed by atoms with Crippen molar-refractivity contribution in [2.24, 2.45) is 0 Å². The van der Waals surface area contributed by atoms with Crippen LogP contribution in [0, 0.1) is 13.8 Å². The van der Waals surface area contributed by atoms with Crippen LogP contribution < -0.4 is 5.46 Å². The van der Waals surface area contributed by atoms with Crippen molar-refractivity contribution in [3.8, 4) is 0 Å². The average molecular weight is 294 g/mol. The third-order valence-corrected chi connectivity index (χ3v) is 5.24. The van der Waals surface area contributed by atoms with Gasteiger partial charge >= 0.3 is 0 Å². The quantitative estimate of drug-likeness (QED) is 0.459. The molecule has 2 aromatic rings. The molecule has 1 spiro atoms. The Morgan fingerprint density at radius 1 is 1.19 bits per heavy atom. The summed E-state index contributed by atoms with van der Waals surface area (Å²) in [5.74, 6) is -0.397. The molecular formula is C16H11BO3S. The molecule has 0 amide bonds. The Morgan fingerprint density at radius 2 is 1.95 bits per heavy atom. The van der Waals surface area contributed by atoms with Crippen molar-refractivity contribution >= 4 is 36.2 Å². The molecule has 2 radical (unpaired) electrons. The number of hydrogen-bond acceptors (Lipinski definition) is 4. The van der Waals surface area contributed by atoms with E-state index in [1.807, 2.05) is 26.0 Å². The van der Waals surface area contributed by atoms with Gasteiger partial charge in [-0.05, 0) is 25.5 Å². The van der Waals surface area contributed by atoms with Crippen molar-refractivity contribution in [2.75, 3.05) is 0 Å². The minimum absolute atomic E-state index is 0.194. The van der Waals surface area contributed by atoms with Crippen LogP contribution in [-0.4, -0.2) is 25.0 Å². The monoisotopic (exact) mass is 294 g/mol. The van der Waals surface area contributed by atoms with Gasteiger partial charge in [0.1, 0.15) is 14.0 Å². The van der Waals surface area contributed by atoms with Crippen LogP contribution in [0.5, 0.6) is 0 Å². The molecule has 21 heavy (non-hydrogen) atoms. The molecule has 2 unspecified atom stereocenters. The van der Waals surface area contributed by atoms with E-state index in [9.17, 15) is 9.59 Å². The van der Waals surface area contributed by atoms with E-state index in [1.165, 1.54) is 11.3 Å². The van der Waals surface area contributed by atoms with E-state index in [-0.39, 0.29) is 11.6 Å². The van der Waals surface area contributed by atoms with E-state index in [1.54, 1.807) is 12.1 Å². The second kappa shape index (κ2) is 3.93. The van der Waals surface area contributed by atoms with Gasteiger partial charge in [0.05, 0.1) is 4.88 Å². The third kappa shape index (κ3) is 1.53. The highest BCUT2D eigenvalue weighted by Crippen LogP contribution is 2.57. The first-order valence-electron chi connectivity index (χ1n) is 6.69. The van der Waals surface area contributed by atoms with Crippen LogP contribution in [0.25, 0.3) is 0 Å². The van der Waals surface area contributed by atoms with Crippen LogP contribution in [0.4, 0.5) is 0 Å². The van der Waals surface area contributed by atoms with Gasteiger partial charge in [-0.1, -0.05) is 29.2 Å². The number of ether oxygens (including phenoxy) is 1. The van der Waals surface area contributed by atoms with Gasteiger partial charge in [0.25, 0.3) is 0 Å². The summed E-state index contributed by atoms with van der Waals surface area (Å²) in [5, 5.41) is 0. The highest BCUT2D eigenvalue weighted by molar-refractivity contribution is 7.15. The highest BCUT2D eigenvalue weighted by atomic mass is 32.1. The van der Waals surface area contributed by atoms with E-state index in [4.69, 9.17) is 12.6 Å². The molecule has 0 N–H and O–H groups in total. The van der Waals surface area contributed by atoms with Crippen molar-refractivity contribution in [1.29, 1.82) is 0 Å². The zero-order valence-electron chi connectivity index (χ0n) is 11.6. The summed E-state index contributed by atoms with van der Waals surface area (Å²) >= 11 is 1.36. The van der Waals surface area contributed by atoms with Gasteiger partial charge in [0, 0.05) is 10.4 Å². The van der Waals surface area contributed by atoms with Crippen LogP contribution in [0.2, 0.25) is 0 Å². The van der Waals surface area contributed by atoms with Crippen molar-refractivity contribution in [3.63, 3.8) is 0 Å². The zero-order chi connectivity index (χ0) is 14.9. The molecule has 1 aromatic heterocycles. The van der Waals surface area contributed by atoms with Gasteiger partial charge in [-0.2, -0.15) is 0 Å². The summed E-state index contributed by atoms with van der Waals surface area (Å²) in [5.41, 5.74) is 1.64. The summed E-state index contributed by atoms with van der Waals surface area (Å²) in [4.78, 5) is 26.7. The summed E-state index contributed by atoms with van der Waals surface area (Å²) in [6.07, 6.45) is -0.489. The molecule has 1 aliphatic carbocycles. The summed E-state index contributed by atoms with van der Waals surface area (Å²) < 4.78 is 5.62. The second-order valence-corrected chi connectivity index (χ2v) is 6.86. The molecule has 1 saturated heterocycles. The first-order valence-corrected chi connectivity index (χ1v) is 7.50. The summed E-state index contributed by atoms with van der Waals surface area (Å²) in [6.45, 7) is 3.79. The first-order chi connectivity index (χ1) is 9.95. The molecule has 1 fully saturated rings. The van der Waals surface area contributed by atoms with Gasteiger partial charge in [-0.15, -0.1) is 11.3 Å². The van der Waals surface area contributed by atoms with Gasteiger partial charge in [0.2, 0.25) is 17.2 Å². The lowest BCUT2D eigenvalue weighted by Gasteiger charge is -2.04. The molecule has 3 nitrogen and oxygen atoms in total. The molecule has 0 bridgehead atoms. The number of Topliss-reactive ketones (excluding diaryl/α,β-unsaturated/α-hetero) is 2. The molecular weight excluding hydrogens is 283 g/mol. The number of epoxide rings is 1. The predicted octanol–water partition coefficient (Wildman–Crippen LogP) is 2.05. The lowest BCUT2D eigenvalue weighted by atomic mass is 9.87. The van der Waals surface area contributed by atoms with Crippen LogP contribution in [-0.2, 0) is 4.74 Å². The fourth-order valence-corrected chi connectivity index (χ4v) is 3.99. The van der Waals surface area contributed by atoms with Crippen molar-refractivity contribution < 1.29 is 14.3 Å². The smallest absolute Gasteiger partial charge is 0.225 e. The molecule has 1 aromatic carbocycles. The normalized spacial score (nSPS) is 26.5. The van der Waals surface area contributed by atoms with Gasteiger partial charge in [-0.3, -0.25) is 9.59 Å². The number of fused-ring (bicyclic) bond motifs is 1. The Morgan fingerprint density at radius 3 is 2.62 bits per heavy atom. The maximum absolute atomic E-state index is 12.6.